The summed E-state index contributed by atoms with van der Waals surface area (Å²) in [5, 5.41) is 0.391. The van der Waals surface area contributed by atoms with E-state index in [2.05, 4.69) is 9.97 Å². The molecule has 3 aromatic rings. The maximum atomic E-state index is 11.9. The van der Waals surface area contributed by atoms with Crippen LogP contribution in [0.3, 0.4) is 0 Å². The maximum Gasteiger partial charge on any atom is 0.337 e. The van der Waals surface area contributed by atoms with Gasteiger partial charge in [0.2, 0.25) is 0 Å². The summed E-state index contributed by atoms with van der Waals surface area (Å²) in [6, 6.07) is 3.28. The minimum Gasteiger partial charge on any atom is -0.465 e. The highest BCUT2D eigenvalue weighted by atomic mass is 35.5. The molecule has 0 aliphatic carbocycles. The Balaban J connectivity index is 0.00000169. The summed E-state index contributed by atoms with van der Waals surface area (Å²) in [5.74, 6) is 0.468. The summed E-state index contributed by atoms with van der Waals surface area (Å²) < 4.78 is 8.77. The highest BCUT2D eigenvalue weighted by molar-refractivity contribution is 6.35. The second-order valence-electron chi connectivity index (χ2n) is 5.24. The third kappa shape index (κ3) is 4.09. The first-order valence-corrected chi connectivity index (χ1v) is 8.32. The molecule has 0 bridgehead atoms. The Hall–Kier alpha value is -1.47. The number of rotatable bonds is 5. The molecule has 6 nitrogen and oxygen atoms in total. The van der Waals surface area contributed by atoms with Crippen LogP contribution in [-0.2, 0) is 23.7 Å². The minimum atomic E-state index is -0.447. The third-order valence-corrected chi connectivity index (χ3v) is 4.41. The first kappa shape index (κ1) is 22.6. The molecule has 0 aliphatic rings. The van der Waals surface area contributed by atoms with Crippen LogP contribution < -0.4 is 0 Å². The molecular weight excluding hydrogens is 422 g/mol. The molecule has 0 fully saturated rings. The zero-order chi connectivity index (χ0) is 17.3. The average Bonchev–Trinajstić information content (AvgIpc) is 3.19. The molecule has 0 aliphatic heterocycles. The van der Waals surface area contributed by atoms with Crippen molar-refractivity contribution in [3.05, 3.63) is 46.8 Å². The first-order chi connectivity index (χ1) is 11.6. The van der Waals surface area contributed by atoms with E-state index in [4.69, 9.17) is 27.9 Å². The fourth-order valence-electron chi connectivity index (χ4n) is 2.67. The van der Waals surface area contributed by atoms with Crippen molar-refractivity contribution in [2.75, 3.05) is 7.11 Å². The zero-order valence-corrected chi connectivity index (χ0v) is 17.3. The maximum absolute atomic E-state index is 11.9. The molecule has 142 valence electrons. The second kappa shape index (κ2) is 9.46. The molecule has 10 heteroatoms. The van der Waals surface area contributed by atoms with Crippen molar-refractivity contribution in [3.8, 4) is 0 Å². The number of methoxy groups -OCH3 is 1. The standard InChI is InChI=1S/C16H16Cl2N4O2.2ClH/c1-3-21-9-19-7-11(21)8-22-13-5-10(16(23)24-2)4-12(18)15(13)20-14(22)6-17;;/h4-5,7,9H,3,6,8H2,1-2H3;2*1H. The lowest BCUT2D eigenvalue weighted by Gasteiger charge is -2.10. The molecule has 3 rings (SSSR count). The van der Waals surface area contributed by atoms with Gasteiger partial charge < -0.3 is 13.9 Å². The number of imidazole rings is 2. The van der Waals surface area contributed by atoms with E-state index in [1.165, 1.54) is 7.11 Å². The summed E-state index contributed by atoms with van der Waals surface area (Å²) in [6.45, 7) is 3.39. The Morgan fingerprint density at radius 2 is 2.04 bits per heavy atom. The fourth-order valence-corrected chi connectivity index (χ4v) is 3.13. The van der Waals surface area contributed by atoms with Crippen LogP contribution in [-0.4, -0.2) is 32.2 Å². The quantitative estimate of drug-likeness (QED) is 0.438. The number of nitrogens with zero attached hydrogens (tertiary/aromatic N) is 4. The van der Waals surface area contributed by atoms with Gasteiger partial charge in [0.05, 0.1) is 47.7 Å². The van der Waals surface area contributed by atoms with Crippen molar-refractivity contribution in [1.29, 1.82) is 0 Å². The highest BCUT2D eigenvalue weighted by Crippen LogP contribution is 2.28. The van der Waals surface area contributed by atoms with Crippen LogP contribution in [0.1, 0.15) is 28.8 Å². The zero-order valence-electron chi connectivity index (χ0n) is 14.1. The Labute approximate surface area is 173 Å². The van der Waals surface area contributed by atoms with Crippen LogP contribution in [0.15, 0.2) is 24.7 Å². The van der Waals surface area contributed by atoms with E-state index in [0.29, 0.717) is 28.5 Å². The van der Waals surface area contributed by atoms with E-state index in [1.807, 2.05) is 16.1 Å². The van der Waals surface area contributed by atoms with Crippen molar-refractivity contribution in [2.45, 2.75) is 25.9 Å². The fraction of sp³-hybridized carbons (Fsp3) is 0.312. The van der Waals surface area contributed by atoms with Crippen molar-refractivity contribution in [3.63, 3.8) is 0 Å². The number of aryl methyl sites for hydroxylation is 1. The van der Waals surface area contributed by atoms with Gasteiger partial charge >= 0.3 is 5.97 Å². The number of alkyl halides is 1. The van der Waals surface area contributed by atoms with Crippen molar-refractivity contribution in [2.24, 2.45) is 0 Å². The summed E-state index contributed by atoms with van der Waals surface area (Å²) in [6.07, 6.45) is 3.58. The van der Waals surface area contributed by atoms with Gasteiger partial charge in [-0.3, -0.25) is 0 Å². The summed E-state index contributed by atoms with van der Waals surface area (Å²) >= 11 is 12.4. The number of carbonyl (C=O) groups is 1. The molecule has 0 spiro atoms. The van der Waals surface area contributed by atoms with Gasteiger partial charge in [0.15, 0.2) is 0 Å². The van der Waals surface area contributed by atoms with Gasteiger partial charge in [-0.05, 0) is 19.1 Å². The molecule has 26 heavy (non-hydrogen) atoms. The lowest BCUT2D eigenvalue weighted by molar-refractivity contribution is 0.0601. The van der Waals surface area contributed by atoms with E-state index in [-0.39, 0.29) is 30.7 Å². The normalized spacial score (nSPS) is 10.3. The second-order valence-corrected chi connectivity index (χ2v) is 5.91. The van der Waals surface area contributed by atoms with Gasteiger partial charge in [0.1, 0.15) is 11.3 Å². The van der Waals surface area contributed by atoms with Gasteiger partial charge in [-0.15, -0.1) is 36.4 Å². The number of benzene rings is 1. The Bertz CT molecular complexity index is 907. The van der Waals surface area contributed by atoms with Crippen molar-refractivity contribution in [1.82, 2.24) is 19.1 Å². The van der Waals surface area contributed by atoms with Gasteiger partial charge in [-0.1, -0.05) is 11.6 Å². The third-order valence-electron chi connectivity index (χ3n) is 3.89. The first-order valence-electron chi connectivity index (χ1n) is 7.41. The van der Waals surface area contributed by atoms with Crippen LogP contribution in [0.5, 0.6) is 0 Å². The number of aromatic nitrogens is 4. The van der Waals surface area contributed by atoms with E-state index >= 15 is 0 Å². The number of fused-ring (bicyclic) bond motifs is 1. The molecule has 0 amide bonds. The Kier molecular flexibility index (Phi) is 8.21. The Morgan fingerprint density at radius 1 is 1.31 bits per heavy atom. The largest absolute Gasteiger partial charge is 0.465 e. The minimum absolute atomic E-state index is 0. The molecule has 0 saturated heterocycles. The predicted octanol–water partition coefficient (Wildman–Crippen LogP) is 4.32. The number of halogens is 4. The summed E-state index contributed by atoms with van der Waals surface area (Å²) in [5.41, 5.74) is 2.74. The molecule has 0 atom stereocenters. The lowest BCUT2D eigenvalue weighted by atomic mass is 10.2. The monoisotopic (exact) mass is 438 g/mol. The number of ether oxygens (including phenoxy) is 1. The van der Waals surface area contributed by atoms with Crippen LogP contribution in [0.25, 0.3) is 11.0 Å². The molecule has 0 unspecified atom stereocenters. The number of hydrogen-bond acceptors (Lipinski definition) is 4. The number of carbonyl (C=O) groups excluding carboxylic acids is 1. The summed E-state index contributed by atoms with van der Waals surface area (Å²) in [7, 11) is 1.34. The van der Waals surface area contributed by atoms with Gasteiger partial charge in [0.25, 0.3) is 0 Å². The number of hydrogen-bond donors (Lipinski definition) is 0. The van der Waals surface area contributed by atoms with Gasteiger partial charge in [0, 0.05) is 12.7 Å². The van der Waals surface area contributed by atoms with Crippen LogP contribution in [0.2, 0.25) is 5.02 Å². The molecule has 2 aromatic heterocycles. The van der Waals surface area contributed by atoms with E-state index in [0.717, 1.165) is 17.8 Å². The highest BCUT2D eigenvalue weighted by Gasteiger charge is 2.18. The van der Waals surface area contributed by atoms with E-state index < -0.39 is 5.97 Å². The molecule has 2 heterocycles. The smallest absolute Gasteiger partial charge is 0.337 e. The molecular formula is C16H18Cl4N4O2. The molecule has 1 aromatic carbocycles. The van der Waals surface area contributed by atoms with Crippen molar-refractivity contribution >= 4 is 65.0 Å². The van der Waals surface area contributed by atoms with E-state index in [1.54, 1.807) is 24.7 Å². The van der Waals surface area contributed by atoms with Crippen LogP contribution in [0.4, 0.5) is 0 Å². The number of esters is 1. The predicted molar refractivity (Wildman–Crippen MR) is 107 cm³/mol. The average molecular weight is 440 g/mol. The van der Waals surface area contributed by atoms with Crippen LogP contribution >= 0.6 is 48.0 Å². The van der Waals surface area contributed by atoms with Gasteiger partial charge in [-0.25, -0.2) is 14.8 Å². The van der Waals surface area contributed by atoms with E-state index in [9.17, 15) is 4.79 Å². The van der Waals surface area contributed by atoms with Gasteiger partial charge in [-0.2, -0.15) is 0 Å². The molecule has 0 N–H and O–H groups in total. The SMILES string of the molecule is CCn1cncc1Cn1c(CCl)nc2c(Cl)cc(C(=O)OC)cc21.Cl.Cl. The summed E-state index contributed by atoms with van der Waals surface area (Å²) in [4.78, 5) is 20.6. The Morgan fingerprint density at radius 3 is 2.65 bits per heavy atom. The van der Waals surface area contributed by atoms with Crippen molar-refractivity contribution < 1.29 is 9.53 Å². The molecule has 0 radical (unpaired) electrons. The topological polar surface area (TPSA) is 61.9 Å². The lowest BCUT2D eigenvalue weighted by Crippen LogP contribution is -2.09. The molecule has 0 saturated carbocycles. The van der Waals surface area contributed by atoms with Crippen LogP contribution in [0, 0.1) is 0 Å².